The Morgan fingerprint density at radius 3 is 2.31 bits per heavy atom. The van der Waals surface area contributed by atoms with Gasteiger partial charge in [-0.2, -0.15) is 0 Å². The second kappa shape index (κ2) is 7.74. The number of piperidine rings is 1. The molecule has 8 nitrogen and oxygen atoms in total. The number of carbonyl (C=O) groups is 3. The van der Waals surface area contributed by atoms with Crippen LogP contribution >= 0.6 is 0 Å². The van der Waals surface area contributed by atoms with Gasteiger partial charge >= 0.3 is 6.09 Å². The van der Waals surface area contributed by atoms with Gasteiger partial charge in [0.1, 0.15) is 0 Å². The predicted octanol–water partition coefficient (Wildman–Crippen LogP) is 1.12. The van der Waals surface area contributed by atoms with E-state index in [0.29, 0.717) is 13.1 Å². The molecule has 0 spiro atoms. The van der Waals surface area contributed by atoms with Crippen LogP contribution in [0.1, 0.15) is 24.3 Å². The molecule has 0 aliphatic carbocycles. The Balaban J connectivity index is 1.70. The number of carboxylic acid groups (broad SMARTS) is 1. The lowest BCUT2D eigenvalue weighted by molar-refractivity contribution is -0.147. The Labute approximate surface area is 151 Å². The van der Waals surface area contributed by atoms with Crippen molar-refractivity contribution in [2.75, 3.05) is 26.2 Å². The third-order valence-corrected chi connectivity index (χ3v) is 5.42. The summed E-state index contributed by atoms with van der Waals surface area (Å²) in [4.78, 5) is 39.0. The first-order chi connectivity index (χ1) is 12.5. The van der Waals surface area contributed by atoms with Gasteiger partial charge in [0.2, 0.25) is 11.8 Å². The van der Waals surface area contributed by atoms with Crippen molar-refractivity contribution in [1.82, 2.24) is 15.3 Å². The Bertz CT molecular complexity index is 681. The molecule has 0 unspecified atom stereocenters. The second-order valence-corrected chi connectivity index (χ2v) is 6.89. The van der Waals surface area contributed by atoms with E-state index in [1.807, 2.05) is 30.3 Å². The van der Waals surface area contributed by atoms with Crippen LogP contribution in [-0.2, 0) is 9.59 Å². The molecule has 0 saturated carbocycles. The quantitative estimate of drug-likeness (QED) is 0.552. The van der Waals surface area contributed by atoms with E-state index < -0.39 is 23.8 Å². The molecule has 1 aromatic rings. The van der Waals surface area contributed by atoms with Crippen LogP contribution < -0.4 is 5.48 Å². The van der Waals surface area contributed by atoms with Gasteiger partial charge in [0.25, 0.3) is 0 Å². The SMILES string of the molecule is O=C(NO)[C@H]1CN(C(=O)O)CC[C@@H]1C(=O)N1CC[C@H](c2ccccc2)C1. The van der Waals surface area contributed by atoms with Crippen molar-refractivity contribution in [2.45, 2.75) is 18.8 Å². The Hall–Kier alpha value is -2.61. The summed E-state index contributed by atoms with van der Waals surface area (Å²) in [5.41, 5.74) is 2.76. The molecule has 3 atom stereocenters. The van der Waals surface area contributed by atoms with Gasteiger partial charge in [0.05, 0.1) is 11.8 Å². The first-order valence-electron chi connectivity index (χ1n) is 8.76. The number of hydrogen-bond donors (Lipinski definition) is 3. The minimum atomic E-state index is -1.13. The Morgan fingerprint density at radius 1 is 0.962 bits per heavy atom. The Morgan fingerprint density at radius 2 is 1.65 bits per heavy atom. The lowest BCUT2D eigenvalue weighted by Crippen LogP contribution is -2.53. The molecule has 140 valence electrons. The minimum absolute atomic E-state index is 0.0892. The van der Waals surface area contributed by atoms with E-state index in [9.17, 15) is 14.4 Å². The fourth-order valence-electron chi connectivity index (χ4n) is 3.96. The third kappa shape index (κ3) is 3.65. The Kier molecular flexibility index (Phi) is 5.41. The van der Waals surface area contributed by atoms with Gasteiger partial charge in [-0.3, -0.25) is 14.8 Å². The smallest absolute Gasteiger partial charge is 0.407 e. The van der Waals surface area contributed by atoms with Gasteiger partial charge in [-0.25, -0.2) is 10.3 Å². The molecule has 1 aromatic carbocycles. The fourth-order valence-corrected chi connectivity index (χ4v) is 3.96. The number of hydrogen-bond acceptors (Lipinski definition) is 4. The normalized spacial score (nSPS) is 25.8. The maximum absolute atomic E-state index is 13.0. The minimum Gasteiger partial charge on any atom is -0.465 e. The van der Waals surface area contributed by atoms with Gasteiger partial charge in [-0.05, 0) is 18.4 Å². The standard InChI is InChI=1S/C18H23N3O5/c22-16(19-26)15-11-21(18(24)25)9-7-14(15)17(23)20-8-6-13(10-20)12-4-2-1-3-5-12/h1-5,13-15,26H,6-11H2,(H,19,22)(H,24,25)/t13-,14-,15-/m0/s1. The molecule has 3 amide bonds. The molecule has 3 rings (SSSR count). The van der Waals surface area contributed by atoms with E-state index in [4.69, 9.17) is 10.3 Å². The largest absolute Gasteiger partial charge is 0.465 e. The predicted molar refractivity (Wildman–Crippen MR) is 91.5 cm³/mol. The maximum atomic E-state index is 13.0. The van der Waals surface area contributed by atoms with E-state index in [1.165, 1.54) is 5.56 Å². The second-order valence-electron chi connectivity index (χ2n) is 6.89. The van der Waals surface area contributed by atoms with Crippen molar-refractivity contribution < 1.29 is 24.7 Å². The van der Waals surface area contributed by atoms with E-state index in [0.717, 1.165) is 11.3 Å². The van der Waals surface area contributed by atoms with E-state index in [-0.39, 0.29) is 31.3 Å². The van der Waals surface area contributed by atoms with Crippen LogP contribution in [0.4, 0.5) is 4.79 Å². The summed E-state index contributed by atoms with van der Waals surface area (Å²) in [6.07, 6.45) is 0.00741. The lowest BCUT2D eigenvalue weighted by atomic mass is 9.84. The molecule has 2 fully saturated rings. The molecule has 2 aliphatic rings. The first-order valence-corrected chi connectivity index (χ1v) is 8.76. The molecule has 2 aliphatic heterocycles. The molecular formula is C18H23N3O5. The van der Waals surface area contributed by atoms with Crippen molar-refractivity contribution >= 4 is 17.9 Å². The zero-order valence-electron chi connectivity index (χ0n) is 14.4. The maximum Gasteiger partial charge on any atom is 0.407 e. The highest BCUT2D eigenvalue weighted by atomic mass is 16.5. The van der Waals surface area contributed by atoms with Crippen molar-refractivity contribution in [2.24, 2.45) is 11.8 Å². The molecule has 26 heavy (non-hydrogen) atoms. The molecule has 3 N–H and O–H groups in total. The molecule has 2 heterocycles. The van der Waals surface area contributed by atoms with Crippen LogP contribution in [0.5, 0.6) is 0 Å². The van der Waals surface area contributed by atoms with E-state index in [1.54, 1.807) is 10.4 Å². The number of likely N-dealkylation sites (tertiary alicyclic amines) is 2. The van der Waals surface area contributed by atoms with Crippen LogP contribution in [0, 0.1) is 11.8 Å². The molecule has 0 radical (unpaired) electrons. The van der Waals surface area contributed by atoms with Crippen molar-refractivity contribution in [3.8, 4) is 0 Å². The third-order valence-electron chi connectivity index (χ3n) is 5.42. The molecule has 0 bridgehead atoms. The molecule has 2 saturated heterocycles. The molecular weight excluding hydrogens is 338 g/mol. The summed E-state index contributed by atoms with van der Waals surface area (Å²) in [5, 5.41) is 18.1. The summed E-state index contributed by atoms with van der Waals surface area (Å²) in [6.45, 7) is 1.32. The summed E-state index contributed by atoms with van der Waals surface area (Å²) in [7, 11) is 0. The van der Waals surface area contributed by atoms with Gasteiger partial charge in [-0.1, -0.05) is 30.3 Å². The zero-order chi connectivity index (χ0) is 18.7. The van der Waals surface area contributed by atoms with Gasteiger partial charge in [0.15, 0.2) is 0 Å². The van der Waals surface area contributed by atoms with Crippen LogP contribution in [-0.4, -0.2) is 64.2 Å². The molecule has 8 heteroatoms. The average molecular weight is 361 g/mol. The average Bonchev–Trinajstić information content (AvgIpc) is 3.17. The van der Waals surface area contributed by atoms with Crippen LogP contribution in [0.3, 0.4) is 0 Å². The van der Waals surface area contributed by atoms with Crippen LogP contribution in [0.25, 0.3) is 0 Å². The number of nitrogens with zero attached hydrogens (tertiary/aromatic N) is 2. The van der Waals surface area contributed by atoms with Crippen molar-refractivity contribution in [3.05, 3.63) is 35.9 Å². The number of rotatable bonds is 3. The summed E-state index contributed by atoms with van der Waals surface area (Å²) in [5.74, 6) is -2.08. The first kappa shape index (κ1) is 18.2. The summed E-state index contributed by atoms with van der Waals surface area (Å²) >= 11 is 0. The zero-order valence-corrected chi connectivity index (χ0v) is 14.4. The highest BCUT2D eigenvalue weighted by Gasteiger charge is 2.42. The molecule has 0 aromatic heterocycles. The monoisotopic (exact) mass is 361 g/mol. The van der Waals surface area contributed by atoms with Crippen molar-refractivity contribution in [3.63, 3.8) is 0 Å². The highest BCUT2D eigenvalue weighted by Crippen LogP contribution is 2.32. The van der Waals surface area contributed by atoms with Gasteiger partial charge in [-0.15, -0.1) is 0 Å². The number of hydroxylamine groups is 1. The lowest BCUT2D eigenvalue weighted by Gasteiger charge is -2.36. The van der Waals surface area contributed by atoms with Gasteiger partial charge < -0.3 is 14.9 Å². The van der Waals surface area contributed by atoms with Crippen molar-refractivity contribution in [1.29, 1.82) is 0 Å². The summed E-state index contributed by atoms with van der Waals surface area (Å²) < 4.78 is 0. The summed E-state index contributed by atoms with van der Waals surface area (Å²) in [6, 6.07) is 10.00. The highest BCUT2D eigenvalue weighted by molar-refractivity contribution is 5.88. The van der Waals surface area contributed by atoms with Crippen LogP contribution in [0.15, 0.2) is 30.3 Å². The fraction of sp³-hybridized carbons (Fsp3) is 0.500. The van der Waals surface area contributed by atoms with Crippen LogP contribution in [0.2, 0.25) is 0 Å². The van der Waals surface area contributed by atoms with Gasteiger partial charge in [0, 0.05) is 32.1 Å². The number of benzene rings is 1. The number of carbonyl (C=O) groups excluding carboxylic acids is 2. The topological polar surface area (TPSA) is 110 Å². The van der Waals surface area contributed by atoms with E-state index >= 15 is 0 Å². The van der Waals surface area contributed by atoms with E-state index in [2.05, 4.69) is 0 Å². The number of nitrogens with one attached hydrogen (secondary N) is 1. The number of amides is 3.